The fourth-order valence-corrected chi connectivity index (χ4v) is 3.27. The van der Waals surface area contributed by atoms with Gasteiger partial charge in [-0.3, -0.25) is 4.72 Å². The summed E-state index contributed by atoms with van der Waals surface area (Å²) < 4.78 is 101. The SMILES string of the molecule is C/C(=N\OC1CCCCC1)c1ccc(C(F)(F)F)cc1NS(=O)(=O)C(F)(F)F. The van der Waals surface area contributed by atoms with Gasteiger partial charge in [0.1, 0.15) is 6.10 Å². The third-order valence-corrected chi connectivity index (χ3v) is 5.27. The first-order valence-electron chi connectivity index (χ1n) is 8.32. The van der Waals surface area contributed by atoms with Gasteiger partial charge in [-0.1, -0.05) is 17.6 Å². The molecule has 0 amide bonds. The van der Waals surface area contributed by atoms with Crippen LogP contribution in [0.15, 0.2) is 23.4 Å². The number of rotatable bonds is 5. The van der Waals surface area contributed by atoms with Crippen molar-refractivity contribution in [2.75, 3.05) is 4.72 Å². The van der Waals surface area contributed by atoms with E-state index < -0.39 is 33.0 Å². The highest BCUT2D eigenvalue weighted by Gasteiger charge is 2.46. The monoisotopic (exact) mass is 432 g/mol. The summed E-state index contributed by atoms with van der Waals surface area (Å²) in [7, 11) is -5.92. The molecular formula is C16H18F6N2O3S. The molecule has 2 rings (SSSR count). The van der Waals surface area contributed by atoms with Gasteiger partial charge in [0.15, 0.2) is 0 Å². The van der Waals surface area contributed by atoms with Gasteiger partial charge in [0, 0.05) is 5.56 Å². The van der Waals surface area contributed by atoms with E-state index in [-0.39, 0.29) is 23.4 Å². The summed E-state index contributed by atoms with van der Waals surface area (Å²) in [6.45, 7) is 1.30. The molecule has 1 aromatic rings. The van der Waals surface area contributed by atoms with Crippen molar-refractivity contribution in [1.82, 2.24) is 0 Å². The maximum Gasteiger partial charge on any atom is 0.516 e. The standard InChI is InChI=1S/C16H18F6N2O3S/c1-10(23-27-12-5-3-2-4-6-12)13-8-7-11(15(17,18)19)9-14(13)24-28(25,26)16(20,21)22/h7-9,12,24H,2-6H2,1H3/b23-10+. The Labute approximate surface area is 157 Å². The van der Waals surface area contributed by atoms with Crippen LogP contribution in [0.3, 0.4) is 0 Å². The zero-order chi connectivity index (χ0) is 21.2. The third kappa shape index (κ3) is 5.52. The minimum absolute atomic E-state index is 0.0563. The molecule has 0 spiro atoms. The number of anilines is 1. The Hall–Kier alpha value is -1.98. The summed E-state index contributed by atoms with van der Waals surface area (Å²) >= 11 is 0. The summed E-state index contributed by atoms with van der Waals surface area (Å²) in [6.07, 6.45) is -0.708. The second-order valence-corrected chi connectivity index (χ2v) is 8.03. The van der Waals surface area contributed by atoms with Gasteiger partial charge in [-0.2, -0.15) is 34.8 Å². The fraction of sp³-hybridized carbons (Fsp3) is 0.562. The minimum atomic E-state index is -5.92. The van der Waals surface area contributed by atoms with E-state index in [0.717, 1.165) is 38.2 Å². The average Bonchev–Trinajstić information content (AvgIpc) is 2.58. The van der Waals surface area contributed by atoms with Gasteiger partial charge in [0.05, 0.1) is 17.0 Å². The van der Waals surface area contributed by atoms with Crippen molar-refractivity contribution in [2.45, 2.75) is 56.8 Å². The highest BCUT2D eigenvalue weighted by atomic mass is 32.2. The second kappa shape index (κ2) is 8.18. The molecule has 12 heteroatoms. The molecule has 0 heterocycles. The molecule has 1 aliphatic carbocycles. The molecule has 1 fully saturated rings. The summed E-state index contributed by atoms with van der Waals surface area (Å²) in [5.74, 6) is 0. The number of halogens is 6. The van der Waals surface area contributed by atoms with E-state index >= 15 is 0 Å². The summed E-state index contributed by atoms with van der Waals surface area (Å²) in [5.41, 5.74) is -8.20. The van der Waals surface area contributed by atoms with Crippen LogP contribution in [-0.2, 0) is 21.0 Å². The Morgan fingerprint density at radius 1 is 1.11 bits per heavy atom. The van der Waals surface area contributed by atoms with Crippen LogP contribution in [0, 0.1) is 0 Å². The zero-order valence-electron chi connectivity index (χ0n) is 14.7. The van der Waals surface area contributed by atoms with E-state index in [9.17, 15) is 34.8 Å². The highest BCUT2D eigenvalue weighted by molar-refractivity contribution is 7.93. The Kier molecular flexibility index (Phi) is 6.51. The Bertz CT molecular complexity index is 828. The molecular weight excluding hydrogens is 414 g/mol. The van der Waals surface area contributed by atoms with Gasteiger partial charge in [-0.25, -0.2) is 0 Å². The lowest BCUT2D eigenvalue weighted by Crippen LogP contribution is -2.30. The van der Waals surface area contributed by atoms with Crippen LogP contribution in [-0.4, -0.2) is 25.7 Å². The molecule has 1 saturated carbocycles. The molecule has 5 nitrogen and oxygen atoms in total. The van der Waals surface area contributed by atoms with Crippen molar-refractivity contribution in [2.24, 2.45) is 5.16 Å². The van der Waals surface area contributed by atoms with E-state index in [1.165, 1.54) is 11.6 Å². The van der Waals surface area contributed by atoms with Crippen LogP contribution < -0.4 is 4.72 Å². The highest BCUT2D eigenvalue weighted by Crippen LogP contribution is 2.34. The average molecular weight is 432 g/mol. The molecule has 1 aliphatic rings. The van der Waals surface area contributed by atoms with Gasteiger partial charge in [-0.05, 0) is 44.7 Å². The largest absolute Gasteiger partial charge is 0.516 e. The summed E-state index contributed by atoms with van der Waals surface area (Å²) in [6, 6.07) is 1.76. The lowest BCUT2D eigenvalue weighted by atomic mass is 9.98. The van der Waals surface area contributed by atoms with Crippen molar-refractivity contribution in [1.29, 1.82) is 0 Å². The molecule has 0 aliphatic heterocycles. The molecule has 28 heavy (non-hydrogen) atoms. The Morgan fingerprint density at radius 3 is 2.25 bits per heavy atom. The number of nitrogens with zero attached hydrogens (tertiary/aromatic N) is 1. The molecule has 0 bridgehead atoms. The maximum absolute atomic E-state index is 12.9. The van der Waals surface area contributed by atoms with Crippen molar-refractivity contribution in [3.8, 4) is 0 Å². The van der Waals surface area contributed by atoms with E-state index in [4.69, 9.17) is 4.84 Å². The van der Waals surface area contributed by atoms with E-state index in [1.54, 1.807) is 0 Å². The Morgan fingerprint density at radius 2 is 1.71 bits per heavy atom. The van der Waals surface area contributed by atoms with Crippen LogP contribution in [0.1, 0.15) is 50.2 Å². The number of hydrogen-bond donors (Lipinski definition) is 1. The van der Waals surface area contributed by atoms with Gasteiger partial charge in [-0.15, -0.1) is 0 Å². The fourth-order valence-electron chi connectivity index (χ4n) is 2.70. The smallest absolute Gasteiger partial charge is 0.392 e. The lowest BCUT2D eigenvalue weighted by molar-refractivity contribution is -0.137. The second-order valence-electron chi connectivity index (χ2n) is 6.35. The number of hydrogen-bond acceptors (Lipinski definition) is 4. The van der Waals surface area contributed by atoms with Crippen LogP contribution in [0.25, 0.3) is 0 Å². The first-order chi connectivity index (χ1) is 12.8. The summed E-state index contributed by atoms with van der Waals surface area (Å²) in [4.78, 5) is 5.32. The lowest BCUT2D eigenvalue weighted by Gasteiger charge is -2.20. The molecule has 0 saturated heterocycles. The number of oxime groups is 1. The topological polar surface area (TPSA) is 67.8 Å². The van der Waals surface area contributed by atoms with Crippen molar-refractivity contribution in [3.05, 3.63) is 29.3 Å². The van der Waals surface area contributed by atoms with Crippen molar-refractivity contribution >= 4 is 21.4 Å². The van der Waals surface area contributed by atoms with Gasteiger partial charge >= 0.3 is 21.7 Å². The van der Waals surface area contributed by atoms with Crippen LogP contribution in [0.4, 0.5) is 32.0 Å². The first kappa shape index (κ1) is 22.3. The van der Waals surface area contributed by atoms with Crippen LogP contribution >= 0.6 is 0 Å². The van der Waals surface area contributed by atoms with E-state index in [2.05, 4.69) is 5.16 Å². The predicted molar refractivity (Wildman–Crippen MR) is 90.2 cm³/mol. The maximum atomic E-state index is 12.9. The number of sulfonamides is 1. The van der Waals surface area contributed by atoms with Crippen molar-refractivity contribution in [3.63, 3.8) is 0 Å². The predicted octanol–water partition coefficient (Wildman–Crippen LogP) is 5.04. The van der Waals surface area contributed by atoms with E-state index in [1.807, 2.05) is 0 Å². The third-order valence-electron chi connectivity index (χ3n) is 4.18. The molecule has 0 radical (unpaired) electrons. The van der Waals surface area contributed by atoms with Crippen molar-refractivity contribution < 1.29 is 39.6 Å². The Balaban J connectivity index is 2.39. The minimum Gasteiger partial charge on any atom is -0.392 e. The number of alkyl halides is 6. The molecule has 0 atom stereocenters. The zero-order valence-corrected chi connectivity index (χ0v) is 15.5. The molecule has 0 aromatic heterocycles. The van der Waals surface area contributed by atoms with Crippen LogP contribution in [0.5, 0.6) is 0 Å². The van der Waals surface area contributed by atoms with Crippen LogP contribution in [0.2, 0.25) is 0 Å². The summed E-state index contributed by atoms with van der Waals surface area (Å²) in [5, 5.41) is 3.78. The van der Waals surface area contributed by atoms with Gasteiger partial charge < -0.3 is 4.84 Å². The number of benzene rings is 1. The molecule has 1 aromatic carbocycles. The first-order valence-corrected chi connectivity index (χ1v) is 9.81. The quantitative estimate of drug-likeness (QED) is 0.403. The number of nitrogens with one attached hydrogen (secondary N) is 1. The van der Waals surface area contributed by atoms with Gasteiger partial charge in [0.25, 0.3) is 0 Å². The molecule has 158 valence electrons. The molecule has 1 N–H and O–H groups in total. The molecule has 0 unspecified atom stereocenters. The van der Waals surface area contributed by atoms with Gasteiger partial charge in [0.2, 0.25) is 0 Å². The van der Waals surface area contributed by atoms with E-state index in [0.29, 0.717) is 6.07 Å². The normalized spacial score (nSPS) is 17.5.